The number of nitrogens with zero attached hydrogens (tertiary/aromatic N) is 3. The lowest BCUT2D eigenvalue weighted by molar-refractivity contribution is 0.0960. The second kappa shape index (κ2) is 9.35. The van der Waals surface area contributed by atoms with Crippen LogP contribution in [0.2, 0.25) is 0 Å². The molecular weight excluding hydrogens is 428 g/mol. The molecule has 5 nitrogen and oxygen atoms in total. The van der Waals surface area contributed by atoms with E-state index in [1.807, 2.05) is 69.3 Å². The highest BCUT2D eigenvalue weighted by Gasteiger charge is 2.26. The summed E-state index contributed by atoms with van der Waals surface area (Å²) in [6, 6.07) is 25.9. The van der Waals surface area contributed by atoms with Crippen molar-refractivity contribution in [1.82, 2.24) is 14.9 Å². The van der Waals surface area contributed by atoms with Gasteiger partial charge in [-0.1, -0.05) is 85.9 Å². The molecule has 1 amide bonds. The number of aromatic nitrogens is 2. The SMILES string of the molecule is CC(C)(C)C(NC(=O)c1cccc2nnsc12)=C(C#N)c1ccc(Cc2ccccc2)cc1. The molecule has 0 aliphatic carbocycles. The van der Waals surface area contributed by atoms with Crippen LogP contribution in [0, 0.1) is 16.7 Å². The number of fused-ring (bicyclic) bond motifs is 1. The quantitative estimate of drug-likeness (QED) is 0.377. The summed E-state index contributed by atoms with van der Waals surface area (Å²) in [7, 11) is 0. The number of carbonyl (C=O) groups excluding carboxylic acids is 1. The molecule has 0 radical (unpaired) electrons. The summed E-state index contributed by atoms with van der Waals surface area (Å²) in [5.41, 5.74) is 4.93. The van der Waals surface area contributed by atoms with Crippen LogP contribution in [0.25, 0.3) is 15.8 Å². The first kappa shape index (κ1) is 22.4. The maximum Gasteiger partial charge on any atom is 0.257 e. The Bertz CT molecular complexity index is 1360. The zero-order valence-corrected chi connectivity index (χ0v) is 19.6. The van der Waals surface area contributed by atoms with Crippen molar-refractivity contribution in [3.63, 3.8) is 0 Å². The van der Waals surface area contributed by atoms with Crippen molar-refractivity contribution < 1.29 is 4.79 Å². The predicted octanol–water partition coefficient (Wildman–Crippen LogP) is 5.99. The van der Waals surface area contributed by atoms with Gasteiger partial charge in [0.25, 0.3) is 5.91 Å². The molecule has 1 heterocycles. The monoisotopic (exact) mass is 452 g/mol. The van der Waals surface area contributed by atoms with Crippen LogP contribution in [0.4, 0.5) is 0 Å². The van der Waals surface area contributed by atoms with E-state index in [9.17, 15) is 10.1 Å². The Labute approximate surface area is 197 Å². The molecule has 3 aromatic carbocycles. The summed E-state index contributed by atoms with van der Waals surface area (Å²) in [6.45, 7) is 5.95. The molecule has 0 saturated heterocycles. The van der Waals surface area contributed by atoms with E-state index in [1.54, 1.807) is 12.1 Å². The van der Waals surface area contributed by atoms with E-state index >= 15 is 0 Å². The second-order valence-electron chi connectivity index (χ2n) is 8.85. The lowest BCUT2D eigenvalue weighted by Gasteiger charge is -2.25. The van der Waals surface area contributed by atoms with Crippen molar-refractivity contribution in [3.05, 3.63) is 101 Å². The fourth-order valence-electron chi connectivity index (χ4n) is 3.68. The van der Waals surface area contributed by atoms with E-state index in [1.165, 1.54) is 17.1 Å². The van der Waals surface area contributed by atoms with Crippen LogP contribution in [-0.2, 0) is 6.42 Å². The van der Waals surface area contributed by atoms with Crippen molar-refractivity contribution in [2.24, 2.45) is 5.41 Å². The Hall–Kier alpha value is -3.82. The Morgan fingerprint density at radius 1 is 0.970 bits per heavy atom. The summed E-state index contributed by atoms with van der Waals surface area (Å²) in [6.07, 6.45) is 0.822. The maximum atomic E-state index is 13.2. The summed E-state index contributed by atoms with van der Waals surface area (Å²) in [4.78, 5) is 13.2. The van der Waals surface area contributed by atoms with Gasteiger partial charge in [-0.15, -0.1) is 5.10 Å². The number of allylic oxidation sites excluding steroid dienone is 2. The number of hydrogen-bond donors (Lipinski definition) is 1. The zero-order valence-electron chi connectivity index (χ0n) is 18.8. The van der Waals surface area contributed by atoms with Gasteiger partial charge in [0.05, 0.1) is 15.8 Å². The van der Waals surface area contributed by atoms with E-state index in [2.05, 4.69) is 33.1 Å². The van der Waals surface area contributed by atoms with Gasteiger partial charge in [-0.3, -0.25) is 4.79 Å². The third kappa shape index (κ3) is 5.00. The van der Waals surface area contributed by atoms with Crippen LogP contribution >= 0.6 is 11.5 Å². The molecule has 0 fully saturated rings. The smallest absolute Gasteiger partial charge is 0.257 e. The number of hydrogen-bond acceptors (Lipinski definition) is 5. The topological polar surface area (TPSA) is 78.7 Å². The molecule has 0 bridgehead atoms. The zero-order chi connectivity index (χ0) is 23.4. The molecule has 1 aromatic heterocycles. The minimum atomic E-state index is -0.455. The first-order chi connectivity index (χ1) is 15.9. The number of amides is 1. The average Bonchev–Trinajstić information content (AvgIpc) is 3.29. The van der Waals surface area contributed by atoms with Gasteiger partial charge in [0.2, 0.25) is 0 Å². The third-order valence-electron chi connectivity index (χ3n) is 5.36. The highest BCUT2D eigenvalue weighted by Crippen LogP contribution is 2.32. The van der Waals surface area contributed by atoms with Crippen LogP contribution in [0.1, 0.15) is 47.8 Å². The molecule has 0 aliphatic heterocycles. The summed E-state index contributed by atoms with van der Waals surface area (Å²) in [5, 5.41) is 17.1. The van der Waals surface area contributed by atoms with Gasteiger partial charge in [0.1, 0.15) is 11.6 Å². The van der Waals surface area contributed by atoms with E-state index in [0.717, 1.165) is 22.2 Å². The normalized spacial score (nSPS) is 12.2. The number of nitriles is 1. The number of benzene rings is 3. The van der Waals surface area contributed by atoms with Gasteiger partial charge in [0.15, 0.2) is 0 Å². The molecule has 0 atom stereocenters. The Morgan fingerprint density at radius 2 is 1.67 bits per heavy atom. The predicted molar refractivity (Wildman–Crippen MR) is 133 cm³/mol. The molecule has 33 heavy (non-hydrogen) atoms. The standard InChI is InChI=1S/C27H24N4OS/c1-27(2,3)25(29-26(32)21-10-7-11-23-24(21)33-31-30-23)22(17-28)20-14-12-19(13-15-20)16-18-8-5-4-6-9-18/h4-15H,16H2,1-3H3,(H,29,32). The van der Waals surface area contributed by atoms with Crippen molar-refractivity contribution in [1.29, 1.82) is 5.26 Å². The third-order valence-corrected chi connectivity index (χ3v) is 6.14. The molecule has 1 N–H and O–H groups in total. The first-order valence-corrected chi connectivity index (χ1v) is 11.4. The molecule has 4 aromatic rings. The van der Waals surface area contributed by atoms with E-state index in [0.29, 0.717) is 22.4 Å². The maximum absolute atomic E-state index is 13.2. The number of nitrogens with one attached hydrogen (secondary N) is 1. The molecular formula is C27H24N4OS. The molecule has 6 heteroatoms. The lowest BCUT2D eigenvalue weighted by Crippen LogP contribution is -2.31. The Balaban J connectivity index is 1.67. The Morgan fingerprint density at radius 3 is 2.33 bits per heavy atom. The molecule has 164 valence electrons. The van der Waals surface area contributed by atoms with Gasteiger partial charge in [-0.2, -0.15) is 5.26 Å². The number of rotatable bonds is 5. The van der Waals surface area contributed by atoms with Gasteiger partial charge in [-0.05, 0) is 46.8 Å². The van der Waals surface area contributed by atoms with Crippen molar-refractivity contribution in [2.45, 2.75) is 27.2 Å². The van der Waals surface area contributed by atoms with Gasteiger partial charge in [-0.25, -0.2) is 0 Å². The van der Waals surface area contributed by atoms with Crippen molar-refractivity contribution in [3.8, 4) is 6.07 Å². The molecule has 0 aliphatic rings. The van der Waals surface area contributed by atoms with Crippen LogP contribution < -0.4 is 5.32 Å². The minimum absolute atomic E-state index is 0.273. The largest absolute Gasteiger partial charge is 0.324 e. The molecule has 0 saturated carbocycles. The highest BCUT2D eigenvalue weighted by atomic mass is 32.1. The molecule has 4 rings (SSSR count). The van der Waals surface area contributed by atoms with E-state index in [-0.39, 0.29) is 5.91 Å². The number of carbonyl (C=O) groups is 1. The lowest BCUT2D eigenvalue weighted by atomic mass is 9.86. The summed E-state index contributed by atoms with van der Waals surface area (Å²) in [5.74, 6) is -0.273. The first-order valence-electron chi connectivity index (χ1n) is 10.7. The van der Waals surface area contributed by atoms with Crippen molar-refractivity contribution >= 4 is 33.2 Å². The van der Waals surface area contributed by atoms with E-state index < -0.39 is 5.41 Å². The van der Waals surface area contributed by atoms with Gasteiger partial charge in [0, 0.05) is 11.1 Å². The van der Waals surface area contributed by atoms with Gasteiger partial charge < -0.3 is 5.32 Å². The van der Waals surface area contributed by atoms with Crippen LogP contribution in [0.15, 0.2) is 78.5 Å². The van der Waals surface area contributed by atoms with Gasteiger partial charge >= 0.3 is 0 Å². The summed E-state index contributed by atoms with van der Waals surface area (Å²) >= 11 is 1.19. The fourth-order valence-corrected chi connectivity index (χ4v) is 4.35. The fraction of sp³-hybridized carbons (Fsp3) is 0.185. The second-order valence-corrected chi connectivity index (χ2v) is 9.61. The minimum Gasteiger partial charge on any atom is -0.324 e. The average molecular weight is 453 g/mol. The summed E-state index contributed by atoms with van der Waals surface area (Å²) < 4.78 is 4.69. The van der Waals surface area contributed by atoms with Crippen molar-refractivity contribution in [2.75, 3.05) is 0 Å². The highest BCUT2D eigenvalue weighted by molar-refractivity contribution is 7.13. The van der Waals surface area contributed by atoms with Crippen LogP contribution in [-0.4, -0.2) is 15.5 Å². The van der Waals surface area contributed by atoms with Crippen LogP contribution in [0.5, 0.6) is 0 Å². The molecule has 0 spiro atoms. The molecule has 0 unspecified atom stereocenters. The Kier molecular flexibility index (Phi) is 6.34. The van der Waals surface area contributed by atoms with E-state index in [4.69, 9.17) is 0 Å². The van der Waals surface area contributed by atoms with Crippen LogP contribution in [0.3, 0.4) is 0 Å².